The van der Waals surface area contributed by atoms with Crippen LogP contribution in [-0.4, -0.2) is 74.3 Å². The molecule has 0 saturated carbocycles. The van der Waals surface area contributed by atoms with E-state index in [4.69, 9.17) is 44.3 Å². The van der Waals surface area contributed by atoms with Crippen molar-refractivity contribution in [2.24, 2.45) is 11.8 Å². The lowest BCUT2D eigenvalue weighted by Gasteiger charge is -2.34. The molecule has 1 saturated heterocycles. The minimum atomic E-state index is -1.75. The molecule has 2 amide bonds. The first-order valence-electron chi connectivity index (χ1n) is 14.7. The molecule has 1 aromatic carbocycles. The van der Waals surface area contributed by atoms with Gasteiger partial charge in [-0.15, -0.1) is 0 Å². The Morgan fingerprint density at radius 2 is 1.78 bits per heavy atom. The average molecular weight is 686 g/mol. The van der Waals surface area contributed by atoms with Gasteiger partial charge in [0.05, 0.1) is 17.5 Å². The van der Waals surface area contributed by atoms with Crippen LogP contribution in [0.1, 0.15) is 58.8 Å². The third-order valence-corrected chi connectivity index (χ3v) is 7.51. The molecule has 1 aromatic heterocycles. The van der Waals surface area contributed by atoms with Crippen molar-refractivity contribution in [2.75, 3.05) is 19.8 Å². The van der Waals surface area contributed by atoms with Crippen LogP contribution in [0.5, 0.6) is 5.75 Å². The number of hydrogen-bond donors (Lipinski definition) is 3. The molecule has 14 heteroatoms. The second-order valence-electron chi connectivity index (χ2n) is 11.3. The van der Waals surface area contributed by atoms with Gasteiger partial charge in [-0.05, 0) is 69.0 Å². The maximum absolute atomic E-state index is 13.2. The van der Waals surface area contributed by atoms with Crippen molar-refractivity contribution in [1.82, 2.24) is 20.7 Å². The standard InChI is InChI=1S/C31H39Cl3N4O7/c1-18(2)24(15-22(40)16-44-23-12-10-21(11-13-23)26-8-5-7-25(36-26)20(4)39)28(41)35-19(3)29(42)38-14-6-9-27(37-38)30(43)45-17-31(32,33)34/h5,7-8,10-13,18-20,24,27,37,39H,6,9,14-17H2,1-4H3,(H,35,41)/t19-,20+,24-,27-/m0/s1. The van der Waals surface area contributed by atoms with Crippen LogP contribution in [0.15, 0.2) is 42.5 Å². The van der Waals surface area contributed by atoms with E-state index in [1.807, 2.05) is 38.1 Å². The van der Waals surface area contributed by atoms with E-state index in [9.17, 15) is 24.3 Å². The van der Waals surface area contributed by atoms with Crippen molar-refractivity contribution in [2.45, 2.75) is 68.9 Å². The number of esters is 1. The molecule has 246 valence electrons. The second kappa shape index (κ2) is 16.6. The summed E-state index contributed by atoms with van der Waals surface area (Å²) in [5, 5.41) is 13.8. The second-order valence-corrected chi connectivity index (χ2v) is 13.8. The largest absolute Gasteiger partial charge is 0.486 e. The Labute approximate surface area is 277 Å². The molecule has 11 nitrogen and oxygen atoms in total. The minimum Gasteiger partial charge on any atom is -0.486 e. The molecule has 1 aliphatic rings. The van der Waals surface area contributed by atoms with Gasteiger partial charge in [0, 0.05) is 24.4 Å². The number of nitrogens with one attached hydrogen (secondary N) is 2. The summed E-state index contributed by atoms with van der Waals surface area (Å²) in [5.41, 5.74) is 4.91. The van der Waals surface area contributed by atoms with Crippen LogP contribution in [-0.2, 0) is 23.9 Å². The van der Waals surface area contributed by atoms with Crippen molar-refractivity contribution >= 4 is 58.4 Å². The van der Waals surface area contributed by atoms with Gasteiger partial charge in [0.15, 0.2) is 5.78 Å². The van der Waals surface area contributed by atoms with E-state index >= 15 is 0 Å². The molecule has 4 atom stereocenters. The normalized spacial score (nSPS) is 17.3. The lowest BCUT2D eigenvalue weighted by atomic mass is 9.89. The third-order valence-electron chi connectivity index (χ3n) is 7.18. The summed E-state index contributed by atoms with van der Waals surface area (Å²) >= 11 is 16.9. The van der Waals surface area contributed by atoms with Gasteiger partial charge in [0.1, 0.15) is 31.0 Å². The van der Waals surface area contributed by atoms with E-state index in [1.54, 1.807) is 25.1 Å². The Morgan fingerprint density at radius 1 is 1.09 bits per heavy atom. The number of ketones is 1. The number of aliphatic hydroxyl groups excluding tert-OH is 1. The van der Waals surface area contributed by atoms with E-state index < -0.39 is 52.3 Å². The first-order valence-corrected chi connectivity index (χ1v) is 15.8. The molecular weight excluding hydrogens is 647 g/mol. The Hall–Kier alpha value is -2.96. The number of halogens is 3. The fraction of sp³-hybridized carbons (Fsp3) is 0.516. The molecule has 1 fully saturated rings. The average Bonchev–Trinajstić information content (AvgIpc) is 3.00. The molecule has 0 aliphatic carbocycles. The number of aliphatic hydroxyl groups is 1. The van der Waals surface area contributed by atoms with Gasteiger partial charge in [-0.25, -0.2) is 5.43 Å². The molecular formula is C31H39Cl3N4O7. The van der Waals surface area contributed by atoms with Crippen LogP contribution in [0.4, 0.5) is 0 Å². The molecule has 0 radical (unpaired) electrons. The van der Waals surface area contributed by atoms with Gasteiger partial charge >= 0.3 is 5.97 Å². The smallest absolute Gasteiger partial charge is 0.325 e. The maximum Gasteiger partial charge on any atom is 0.325 e. The Morgan fingerprint density at radius 3 is 2.40 bits per heavy atom. The summed E-state index contributed by atoms with van der Waals surface area (Å²) in [5.74, 6) is -2.22. The maximum atomic E-state index is 13.2. The number of hydrazine groups is 1. The van der Waals surface area contributed by atoms with Crippen molar-refractivity contribution in [3.05, 3.63) is 48.2 Å². The predicted molar refractivity (Wildman–Crippen MR) is 170 cm³/mol. The predicted octanol–water partition coefficient (Wildman–Crippen LogP) is 4.33. The number of pyridine rings is 1. The van der Waals surface area contributed by atoms with Gasteiger partial charge in [0.25, 0.3) is 5.91 Å². The number of carbonyl (C=O) groups excluding carboxylic acids is 4. The lowest BCUT2D eigenvalue weighted by molar-refractivity contribution is -0.153. The highest BCUT2D eigenvalue weighted by atomic mass is 35.6. The molecule has 2 heterocycles. The van der Waals surface area contributed by atoms with Gasteiger partial charge in [-0.1, -0.05) is 54.7 Å². The summed E-state index contributed by atoms with van der Waals surface area (Å²) in [6.07, 6.45) is 0.184. The number of ether oxygens (including phenoxy) is 2. The highest BCUT2D eigenvalue weighted by Crippen LogP contribution is 2.26. The summed E-state index contributed by atoms with van der Waals surface area (Å²) in [4.78, 5) is 55.9. The van der Waals surface area contributed by atoms with Crippen LogP contribution in [0, 0.1) is 11.8 Å². The quantitative estimate of drug-likeness (QED) is 0.207. The summed E-state index contributed by atoms with van der Waals surface area (Å²) in [6, 6.07) is 10.7. The summed E-state index contributed by atoms with van der Waals surface area (Å²) in [7, 11) is 0. The highest BCUT2D eigenvalue weighted by Gasteiger charge is 2.34. The summed E-state index contributed by atoms with van der Waals surface area (Å²) < 4.78 is 8.94. The zero-order chi connectivity index (χ0) is 33.3. The molecule has 3 N–H and O–H groups in total. The molecule has 0 bridgehead atoms. The van der Waals surface area contributed by atoms with E-state index in [1.165, 1.54) is 11.9 Å². The monoisotopic (exact) mass is 684 g/mol. The lowest BCUT2D eigenvalue weighted by Crippen LogP contribution is -2.60. The van der Waals surface area contributed by atoms with Crippen molar-refractivity contribution in [3.63, 3.8) is 0 Å². The number of benzene rings is 1. The molecule has 0 spiro atoms. The van der Waals surface area contributed by atoms with Crippen LogP contribution in [0.25, 0.3) is 11.3 Å². The first kappa shape index (κ1) is 36.5. The number of amides is 2. The van der Waals surface area contributed by atoms with Gasteiger partial charge < -0.3 is 19.9 Å². The number of Topliss-reactive ketones (excluding diaryl/α,β-unsaturated/α-hetero) is 1. The number of rotatable bonds is 13. The fourth-order valence-corrected chi connectivity index (χ4v) is 4.81. The van der Waals surface area contributed by atoms with E-state index in [0.717, 1.165) is 5.56 Å². The number of nitrogens with zero attached hydrogens (tertiary/aromatic N) is 2. The van der Waals surface area contributed by atoms with Crippen molar-refractivity contribution in [1.29, 1.82) is 0 Å². The molecule has 1 aliphatic heterocycles. The Balaban J connectivity index is 1.50. The topological polar surface area (TPSA) is 147 Å². The van der Waals surface area contributed by atoms with Gasteiger partial charge in [-0.2, -0.15) is 0 Å². The minimum absolute atomic E-state index is 0.0718. The Kier molecular flexibility index (Phi) is 13.4. The number of aromatic nitrogens is 1. The summed E-state index contributed by atoms with van der Waals surface area (Å²) in [6.45, 7) is 6.49. The van der Waals surface area contributed by atoms with Gasteiger partial charge in [0.2, 0.25) is 9.70 Å². The van der Waals surface area contributed by atoms with E-state index in [2.05, 4.69) is 15.7 Å². The number of alkyl halides is 3. The van der Waals surface area contributed by atoms with Crippen molar-refractivity contribution in [3.8, 4) is 17.0 Å². The number of hydrogen-bond acceptors (Lipinski definition) is 9. The van der Waals surface area contributed by atoms with Crippen LogP contribution < -0.4 is 15.5 Å². The van der Waals surface area contributed by atoms with Crippen LogP contribution in [0.2, 0.25) is 0 Å². The molecule has 3 rings (SSSR count). The van der Waals surface area contributed by atoms with E-state index in [-0.39, 0.29) is 24.7 Å². The molecule has 45 heavy (non-hydrogen) atoms. The third kappa shape index (κ3) is 11.4. The SMILES string of the molecule is CC(C)[C@H](CC(=O)COc1ccc(-c2cccc([C@@H](C)O)n2)cc1)C(=O)N[C@@H](C)C(=O)N1CCC[C@@H](C(=O)OCC(Cl)(Cl)Cl)N1. The van der Waals surface area contributed by atoms with E-state index in [0.29, 0.717) is 36.5 Å². The van der Waals surface area contributed by atoms with Gasteiger partial charge in [-0.3, -0.25) is 29.2 Å². The zero-order valence-corrected chi connectivity index (χ0v) is 27.9. The molecule has 2 aromatic rings. The fourth-order valence-electron chi connectivity index (χ4n) is 4.65. The van der Waals surface area contributed by atoms with Crippen LogP contribution >= 0.6 is 34.8 Å². The van der Waals surface area contributed by atoms with Crippen LogP contribution in [0.3, 0.4) is 0 Å². The van der Waals surface area contributed by atoms with Crippen molar-refractivity contribution < 1.29 is 33.8 Å². The first-order chi connectivity index (χ1) is 21.1. The highest BCUT2D eigenvalue weighted by molar-refractivity contribution is 6.67. The number of carbonyl (C=O) groups is 4. The Bertz CT molecular complexity index is 1340. The zero-order valence-electron chi connectivity index (χ0n) is 25.6. The molecule has 0 unspecified atom stereocenters.